The summed E-state index contributed by atoms with van der Waals surface area (Å²) in [5, 5.41) is 10.4. The molecule has 1 aromatic carbocycles. The number of nitrogens with zero attached hydrogens (tertiary/aromatic N) is 1. The topological polar surface area (TPSA) is 77.6 Å². The normalized spacial score (nSPS) is 15.3. The van der Waals surface area contributed by atoms with Gasteiger partial charge in [0, 0.05) is 19.0 Å². The first kappa shape index (κ1) is 13.7. The first-order chi connectivity index (χ1) is 10.2. The van der Waals surface area contributed by atoms with E-state index in [4.69, 9.17) is 15.2 Å². The van der Waals surface area contributed by atoms with Crippen molar-refractivity contribution in [1.29, 1.82) is 0 Å². The minimum atomic E-state index is -0.659. The monoisotopic (exact) mass is 286 g/mol. The van der Waals surface area contributed by atoms with E-state index in [1.165, 1.54) is 0 Å². The Kier molecular flexibility index (Phi) is 3.92. The molecule has 0 radical (unpaired) electrons. The summed E-state index contributed by atoms with van der Waals surface area (Å²) in [7, 11) is 0. The van der Waals surface area contributed by atoms with Crippen LogP contribution in [0.1, 0.15) is 23.7 Å². The van der Waals surface area contributed by atoms with Gasteiger partial charge in [-0.05, 0) is 29.3 Å². The van der Waals surface area contributed by atoms with Gasteiger partial charge in [-0.3, -0.25) is 0 Å². The van der Waals surface area contributed by atoms with E-state index in [2.05, 4.69) is 4.98 Å². The molecule has 110 valence electrons. The standard InChI is InChI=1S/C16H18N2O3/c17-16-12(3-1-6-18-16)9-13(19)11-4-5-14-15(10-11)21-8-2-7-20-14/h1,3-6,10,13,19H,2,7-9H2,(H2,17,18). The maximum absolute atomic E-state index is 10.4. The van der Waals surface area contributed by atoms with Crippen molar-refractivity contribution >= 4 is 5.82 Å². The molecule has 1 aromatic heterocycles. The van der Waals surface area contributed by atoms with Crippen LogP contribution in [0.15, 0.2) is 36.5 Å². The number of rotatable bonds is 3. The molecule has 0 saturated heterocycles. The van der Waals surface area contributed by atoms with E-state index in [1.807, 2.05) is 30.3 Å². The van der Waals surface area contributed by atoms with Gasteiger partial charge in [-0.25, -0.2) is 4.98 Å². The zero-order chi connectivity index (χ0) is 14.7. The molecule has 1 unspecified atom stereocenters. The number of nitrogen functional groups attached to an aromatic ring is 1. The van der Waals surface area contributed by atoms with Gasteiger partial charge in [-0.2, -0.15) is 0 Å². The van der Waals surface area contributed by atoms with Gasteiger partial charge in [-0.1, -0.05) is 12.1 Å². The lowest BCUT2D eigenvalue weighted by atomic mass is 10.0. The highest BCUT2D eigenvalue weighted by Crippen LogP contribution is 2.33. The van der Waals surface area contributed by atoms with Crippen molar-refractivity contribution in [2.45, 2.75) is 18.9 Å². The van der Waals surface area contributed by atoms with Crippen molar-refractivity contribution in [2.24, 2.45) is 0 Å². The summed E-state index contributed by atoms with van der Waals surface area (Å²) in [6.07, 6.45) is 2.25. The molecule has 5 heteroatoms. The number of fused-ring (bicyclic) bond motifs is 1. The fraction of sp³-hybridized carbons (Fsp3) is 0.312. The number of nitrogens with two attached hydrogens (primary N) is 1. The summed E-state index contributed by atoms with van der Waals surface area (Å²) >= 11 is 0. The van der Waals surface area contributed by atoms with E-state index in [9.17, 15) is 5.11 Å². The minimum absolute atomic E-state index is 0.416. The van der Waals surface area contributed by atoms with Crippen LogP contribution in [0.4, 0.5) is 5.82 Å². The fourth-order valence-electron chi connectivity index (χ4n) is 2.34. The van der Waals surface area contributed by atoms with Gasteiger partial charge in [0.2, 0.25) is 0 Å². The Morgan fingerprint density at radius 3 is 2.81 bits per heavy atom. The largest absolute Gasteiger partial charge is 0.490 e. The average molecular weight is 286 g/mol. The molecule has 1 atom stereocenters. The molecule has 0 aliphatic carbocycles. The second-order valence-electron chi connectivity index (χ2n) is 5.02. The summed E-state index contributed by atoms with van der Waals surface area (Å²) in [4.78, 5) is 4.03. The Morgan fingerprint density at radius 1 is 1.19 bits per heavy atom. The van der Waals surface area contributed by atoms with Crippen molar-refractivity contribution in [1.82, 2.24) is 4.98 Å². The molecule has 0 spiro atoms. The number of aliphatic hydroxyl groups is 1. The van der Waals surface area contributed by atoms with Crippen LogP contribution in [0.25, 0.3) is 0 Å². The molecule has 1 aliphatic rings. The molecular formula is C16H18N2O3. The Balaban J connectivity index is 1.80. The maximum atomic E-state index is 10.4. The summed E-state index contributed by atoms with van der Waals surface area (Å²) < 4.78 is 11.2. The molecule has 0 fully saturated rings. The van der Waals surface area contributed by atoms with Gasteiger partial charge >= 0.3 is 0 Å². The lowest BCUT2D eigenvalue weighted by molar-refractivity contribution is 0.178. The van der Waals surface area contributed by atoms with Crippen molar-refractivity contribution < 1.29 is 14.6 Å². The zero-order valence-corrected chi connectivity index (χ0v) is 11.7. The molecular weight excluding hydrogens is 268 g/mol. The highest BCUT2D eigenvalue weighted by atomic mass is 16.5. The van der Waals surface area contributed by atoms with Crippen LogP contribution in [0.2, 0.25) is 0 Å². The summed E-state index contributed by atoms with van der Waals surface area (Å²) in [6, 6.07) is 9.20. The number of hydrogen-bond donors (Lipinski definition) is 2. The van der Waals surface area contributed by atoms with Gasteiger partial charge in [0.1, 0.15) is 5.82 Å². The lowest BCUT2D eigenvalue weighted by Gasteiger charge is -2.14. The van der Waals surface area contributed by atoms with E-state index >= 15 is 0 Å². The SMILES string of the molecule is Nc1ncccc1CC(O)c1ccc2c(c1)OCCCO2. The van der Waals surface area contributed by atoms with Crippen LogP contribution >= 0.6 is 0 Å². The summed E-state index contributed by atoms with van der Waals surface area (Å²) in [6.45, 7) is 1.28. The Morgan fingerprint density at radius 2 is 2.00 bits per heavy atom. The average Bonchev–Trinajstić information content (AvgIpc) is 2.74. The predicted octanol–water partition coefficient (Wildman–Crippen LogP) is 2.10. The number of aromatic nitrogens is 1. The van der Waals surface area contributed by atoms with Crippen LogP contribution in [-0.2, 0) is 6.42 Å². The number of aliphatic hydroxyl groups excluding tert-OH is 1. The molecule has 1 aliphatic heterocycles. The Hall–Kier alpha value is -2.27. The van der Waals surface area contributed by atoms with E-state index in [0.29, 0.717) is 31.2 Å². The molecule has 21 heavy (non-hydrogen) atoms. The molecule has 0 amide bonds. The van der Waals surface area contributed by atoms with Gasteiger partial charge in [-0.15, -0.1) is 0 Å². The molecule has 3 rings (SSSR count). The van der Waals surface area contributed by atoms with Crippen molar-refractivity contribution in [3.63, 3.8) is 0 Å². The number of hydrogen-bond acceptors (Lipinski definition) is 5. The predicted molar refractivity (Wildman–Crippen MR) is 79.4 cm³/mol. The summed E-state index contributed by atoms with van der Waals surface area (Å²) in [5.41, 5.74) is 7.42. The number of pyridine rings is 1. The zero-order valence-electron chi connectivity index (χ0n) is 11.7. The maximum Gasteiger partial charge on any atom is 0.161 e. The van der Waals surface area contributed by atoms with Crippen LogP contribution in [-0.4, -0.2) is 23.3 Å². The summed E-state index contributed by atoms with van der Waals surface area (Å²) in [5.74, 6) is 1.86. The Labute approximate surface area is 123 Å². The van der Waals surface area contributed by atoms with E-state index in [0.717, 1.165) is 23.3 Å². The van der Waals surface area contributed by atoms with Gasteiger partial charge in [0.05, 0.1) is 19.3 Å². The second kappa shape index (κ2) is 6.01. The van der Waals surface area contributed by atoms with Crippen LogP contribution in [0.5, 0.6) is 11.5 Å². The molecule has 0 saturated carbocycles. The quantitative estimate of drug-likeness (QED) is 0.903. The van der Waals surface area contributed by atoms with Crippen molar-refractivity contribution in [3.05, 3.63) is 47.7 Å². The first-order valence-corrected chi connectivity index (χ1v) is 7.01. The van der Waals surface area contributed by atoms with Gasteiger partial charge in [0.25, 0.3) is 0 Å². The van der Waals surface area contributed by atoms with E-state index in [-0.39, 0.29) is 0 Å². The molecule has 2 aromatic rings. The van der Waals surface area contributed by atoms with E-state index in [1.54, 1.807) is 6.20 Å². The number of benzene rings is 1. The lowest BCUT2D eigenvalue weighted by Crippen LogP contribution is -2.06. The first-order valence-electron chi connectivity index (χ1n) is 7.01. The van der Waals surface area contributed by atoms with E-state index < -0.39 is 6.10 Å². The van der Waals surface area contributed by atoms with Crippen LogP contribution < -0.4 is 15.2 Å². The van der Waals surface area contributed by atoms with Gasteiger partial charge < -0.3 is 20.3 Å². The van der Waals surface area contributed by atoms with Gasteiger partial charge in [0.15, 0.2) is 11.5 Å². The van der Waals surface area contributed by atoms with Crippen molar-refractivity contribution in [2.75, 3.05) is 18.9 Å². The highest BCUT2D eigenvalue weighted by Gasteiger charge is 2.16. The number of anilines is 1. The fourth-order valence-corrected chi connectivity index (χ4v) is 2.34. The Bertz CT molecular complexity index is 631. The third kappa shape index (κ3) is 3.08. The molecule has 3 N–H and O–H groups in total. The molecule has 0 bridgehead atoms. The highest BCUT2D eigenvalue weighted by molar-refractivity contribution is 5.45. The molecule has 2 heterocycles. The smallest absolute Gasteiger partial charge is 0.161 e. The van der Waals surface area contributed by atoms with Crippen LogP contribution in [0, 0.1) is 0 Å². The van der Waals surface area contributed by atoms with Crippen molar-refractivity contribution in [3.8, 4) is 11.5 Å². The van der Waals surface area contributed by atoms with Crippen LogP contribution in [0.3, 0.4) is 0 Å². The second-order valence-corrected chi connectivity index (χ2v) is 5.02. The third-order valence-electron chi connectivity index (χ3n) is 3.50. The molecule has 5 nitrogen and oxygen atoms in total. The number of ether oxygens (including phenoxy) is 2. The minimum Gasteiger partial charge on any atom is -0.490 e. The third-order valence-corrected chi connectivity index (χ3v) is 3.50.